The average molecular weight is 416 g/mol. The van der Waals surface area contributed by atoms with Crippen LogP contribution in [0.2, 0.25) is 0 Å². The predicted octanol–water partition coefficient (Wildman–Crippen LogP) is 4.61. The summed E-state index contributed by atoms with van der Waals surface area (Å²) in [4.78, 5) is 30.6. The summed E-state index contributed by atoms with van der Waals surface area (Å²) in [6.07, 6.45) is 6.38. The molecule has 2 aromatic carbocycles. The van der Waals surface area contributed by atoms with Gasteiger partial charge >= 0.3 is 11.8 Å². The summed E-state index contributed by atoms with van der Waals surface area (Å²) in [5, 5.41) is 12.2. The van der Waals surface area contributed by atoms with Crippen molar-refractivity contribution in [1.29, 1.82) is 0 Å². The number of hydrogen-bond donors (Lipinski definition) is 1. The Morgan fingerprint density at radius 3 is 2.77 bits per heavy atom. The monoisotopic (exact) mass is 416 g/mol. The number of benzene rings is 2. The number of aromatic nitrogens is 3. The van der Waals surface area contributed by atoms with Gasteiger partial charge in [0.25, 0.3) is 0 Å². The molecular formula is C23H20N4O4. The zero-order chi connectivity index (χ0) is 21.8. The Labute approximate surface area is 178 Å². The van der Waals surface area contributed by atoms with Crippen LogP contribution in [0.5, 0.6) is 0 Å². The molecule has 156 valence electrons. The second-order valence-corrected chi connectivity index (χ2v) is 6.96. The van der Waals surface area contributed by atoms with Crippen molar-refractivity contribution in [3.63, 3.8) is 0 Å². The average Bonchev–Trinajstić information content (AvgIpc) is 3.37. The van der Waals surface area contributed by atoms with Crippen molar-refractivity contribution in [3.05, 3.63) is 93.6 Å². The molecule has 0 spiro atoms. The first-order valence-electron chi connectivity index (χ1n) is 9.71. The van der Waals surface area contributed by atoms with E-state index in [0.29, 0.717) is 11.4 Å². The molecule has 0 saturated carbocycles. The number of nitrogens with one attached hydrogen (secondary N) is 1. The van der Waals surface area contributed by atoms with E-state index in [1.807, 2.05) is 61.5 Å². The SMILES string of the molecule is Cc1ccccc1/C=C\c1ncc([N+](=O)[O-])n1CCOC(=O)c1c[nH]c2ccccc12. The molecule has 8 nitrogen and oxygen atoms in total. The standard InChI is InChI=1S/C23H20N4O4/c1-16-6-2-3-7-17(16)10-11-21-25-15-22(27(29)30)26(21)12-13-31-23(28)19-14-24-20-9-5-4-8-18(19)20/h2-11,14-15,24H,12-13H2,1H3/b11-10-. The number of ether oxygens (including phenoxy) is 1. The number of hydrogen-bond acceptors (Lipinski definition) is 5. The fraction of sp³-hybridized carbons (Fsp3) is 0.130. The maximum Gasteiger partial charge on any atom is 0.343 e. The third kappa shape index (κ3) is 4.23. The van der Waals surface area contributed by atoms with Gasteiger partial charge in [0.05, 0.1) is 5.56 Å². The van der Waals surface area contributed by atoms with E-state index in [2.05, 4.69) is 9.97 Å². The molecule has 4 rings (SSSR count). The number of aryl methyl sites for hydroxylation is 1. The molecule has 0 fully saturated rings. The number of nitro groups is 1. The Kier molecular flexibility index (Phi) is 5.61. The quantitative estimate of drug-likeness (QED) is 0.269. The Morgan fingerprint density at radius 2 is 1.97 bits per heavy atom. The number of nitrogens with zero attached hydrogens (tertiary/aromatic N) is 3. The van der Waals surface area contributed by atoms with Gasteiger partial charge in [0.15, 0.2) is 0 Å². The zero-order valence-electron chi connectivity index (χ0n) is 16.8. The van der Waals surface area contributed by atoms with Crippen LogP contribution in [-0.4, -0.2) is 32.0 Å². The van der Waals surface area contributed by atoms with Crippen molar-refractivity contribution < 1.29 is 14.5 Å². The van der Waals surface area contributed by atoms with Crippen LogP contribution in [0.4, 0.5) is 5.82 Å². The summed E-state index contributed by atoms with van der Waals surface area (Å²) < 4.78 is 6.81. The Hall–Kier alpha value is -4.20. The van der Waals surface area contributed by atoms with Gasteiger partial charge in [-0.3, -0.25) is 0 Å². The normalized spacial score (nSPS) is 11.3. The first-order chi connectivity index (χ1) is 15.0. The zero-order valence-corrected chi connectivity index (χ0v) is 16.8. The number of carbonyl (C=O) groups is 1. The molecule has 0 aliphatic carbocycles. The molecule has 31 heavy (non-hydrogen) atoms. The molecule has 0 aliphatic heterocycles. The van der Waals surface area contributed by atoms with E-state index in [0.717, 1.165) is 22.0 Å². The van der Waals surface area contributed by atoms with Crippen molar-refractivity contribution in [3.8, 4) is 0 Å². The summed E-state index contributed by atoms with van der Waals surface area (Å²) in [6.45, 7) is 2.07. The van der Waals surface area contributed by atoms with E-state index < -0.39 is 10.9 Å². The highest BCUT2D eigenvalue weighted by Crippen LogP contribution is 2.20. The Bertz CT molecular complexity index is 1290. The Balaban J connectivity index is 1.50. The Morgan fingerprint density at radius 1 is 1.19 bits per heavy atom. The third-order valence-electron chi connectivity index (χ3n) is 5.01. The van der Waals surface area contributed by atoms with Gasteiger partial charge < -0.3 is 19.8 Å². The van der Waals surface area contributed by atoms with Crippen molar-refractivity contribution in [2.45, 2.75) is 13.5 Å². The molecule has 0 atom stereocenters. The molecule has 0 aliphatic rings. The van der Waals surface area contributed by atoms with E-state index in [-0.39, 0.29) is 19.0 Å². The van der Waals surface area contributed by atoms with E-state index in [9.17, 15) is 14.9 Å². The molecule has 0 amide bonds. The lowest BCUT2D eigenvalue weighted by molar-refractivity contribution is -0.392. The van der Waals surface area contributed by atoms with Crippen molar-refractivity contribution in [2.75, 3.05) is 6.61 Å². The van der Waals surface area contributed by atoms with Gasteiger partial charge in [-0.15, -0.1) is 0 Å². The van der Waals surface area contributed by atoms with E-state index in [1.165, 1.54) is 10.8 Å². The van der Waals surface area contributed by atoms with Crippen molar-refractivity contribution in [2.24, 2.45) is 0 Å². The van der Waals surface area contributed by atoms with Crippen LogP contribution in [-0.2, 0) is 11.3 Å². The van der Waals surface area contributed by atoms with Gasteiger partial charge in [0, 0.05) is 23.2 Å². The number of para-hydroxylation sites is 1. The lowest BCUT2D eigenvalue weighted by Gasteiger charge is -2.05. The van der Waals surface area contributed by atoms with Crippen molar-refractivity contribution >= 4 is 34.8 Å². The highest BCUT2D eigenvalue weighted by molar-refractivity contribution is 6.03. The summed E-state index contributed by atoms with van der Waals surface area (Å²) in [5.74, 6) is -0.233. The largest absolute Gasteiger partial charge is 0.458 e. The van der Waals surface area contributed by atoms with Crippen LogP contribution < -0.4 is 0 Å². The van der Waals surface area contributed by atoms with Crippen LogP contribution >= 0.6 is 0 Å². The van der Waals surface area contributed by atoms with Crippen LogP contribution in [0.15, 0.2) is 60.9 Å². The highest BCUT2D eigenvalue weighted by atomic mass is 16.6. The fourth-order valence-electron chi connectivity index (χ4n) is 3.37. The van der Waals surface area contributed by atoms with Crippen LogP contribution in [0, 0.1) is 17.0 Å². The number of carbonyl (C=O) groups excluding carboxylic acids is 1. The van der Waals surface area contributed by atoms with E-state index >= 15 is 0 Å². The lowest BCUT2D eigenvalue weighted by Crippen LogP contribution is -2.13. The van der Waals surface area contributed by atoms with Gasteiger partial charge in [-0.25, -0.2) is 14.3 Å². The van der Waals surface area contributed by atoms with Gasteiger partial charge in [0.2, 0.25) is 5.82 Å². The third-order valence-corrected chi connectivity index (χ3v) is 5.01. The minimum absolute atomic E-state index is 0.0270. The number of imidazole rings is 1. The van der Waals surface area contributed by atoms with E-state index in [1.54, 1.807) is 12.3 Å². The summed E-state index contributed by atoms with van der Waals surface area (Å²) in [5.41, 5.74) is 3.34. The first-order valence-corrected chi connectivity index (χ1v) is 9.71. The molecule has 2 heterocycles. The minimum atomic E-state index is -0.500. The van der Waals surface area contributed by atoms with Crippen LogP contribution in [0.3, 0.4) is 0 Å². The molecule has 1 N–H and O–H groups in total. The smallest absolute Gasteiger partial charge is 0.343 e. The molecule has 0 radical (unpaired) electrons. The molecule has 0 unspecified atom stereocenters. The minimum Gasteiger partial charge on any atom is -0.458 e. The number of rotatable bonds is 7. The number of fused-ring (bicyclic) bond motifs is 1. The molecule has 0 bridgehead atoms. The first kappa shape index (κ1) is 20.1. The molecular weight excluding hydrogens is 396 g/mol. The maximum absolute atomic E-state index is 12.5. The number of H-pyrrole nitrogens is 1. The summed E-state index contributed by atoms with van der Waals surface area (Å²) in [6, 6.07) is 15.2. The second-order valence-electron chi connectivity index (χ2n) is 6.96. The highest BCUT2D eigenvalue weighted by Gasteiger charge is 2.20. The van der Waals surface area contributed by atoms with Crippen molar-refractivity contribution in [1.82, 2.24) is 14.5 Å². The van der Waals surface area contributed by atoms with Crippen LogP contribution in [0.25, 0.3) is 23.1 Å². The molecule has 4 aromatic rings. The fourth-order valence-corrected chi connectivity index (χ4v) is 3.37. The molecule has 2 aromatic heterocycles. The maximum atomic E-state index is 12.5. The summed E-state index contributed by atoms with van der Waals surface area (Å²) in [7, 11) is 0. The number of esters is 1. The van der Waals surface area contributed by atoms with Gasteiger partial charge in [0.1, 0.15) is 19.3 Å². The van der Waals surface area contributed by atoms with Gasteiger partial charge in [-0.05, 0) is 35.1 Å². The second kappa shape index (κ2) is 8.66. The number of aromatic amines is 1. The topological polar surface area (TPSA) is 103 Å². The van der Waals surface area contributed by atoms with Crippen LogP contribution in [0.1, 0.15) is 27.3 Å². The molecule has 8 heteroatoms. The van der Waals surface area contributed by atoms with Gasteiger partial charge in [-0.2, -0.15) is 0 Å². The predicted molar refractivity (Wildman–Crippen MR) is 118 cm³/mol. The van der Waals surface area contributed by atoms with E-state index in [4.69, 9.17) is 4.74 Å². The van der Waals surface area contributed by atoms with Gasteiger partial charge in [-0.1, -0.05) is 42.5 Å². The molecule has 0 saturated heterocycles. The summed E-state index contributed by atoms with van der Waals surface area (Å²) >= 11 is 0. The lowest BCUT2D eigenvalue weighted by atomic mass is 10.1.